The highest BCUT2D eigenvalue weighted by molar-refractivity contribution is 7.14. The zero-order valence-electron chi connectivity index (χ0n) is 10.3. The maximum absolute atomic E-state index is 4.96. The van der Waals surface area contributed by atoms with E-state index in [1.807, 2.05) is 6.07 Å². The molecule has 0 aliphatic carbocycles. The van der Waals surface area contributed by atoms with E-state index in [4.69, 9.17) is 4.74 Å². The van der Waals surface area contributed by atoms with E-state index in [9.17, 15) is 0 Å². The number of nitrogens with zero attached hydrogens (tertiary/aromatic N) is 3. The second-order valence-electron chi connectivity index (χ2n) is 3.82. The molecule has 7 heteroatoms. The summed E-state index contributed by atoms with van der Waals surface area (Å²) in [7, 11) is 1.71. The van der Waals surface area contributed by atoms with Gasteiger partial charge in [-0.25, -0.2) is 0 Å². The predicted octanol–water partition coefficient (Wildman–Crippen LogP) is 1.10. The minimum absolute atomic E-state index is 0.753. The summed E-state index contributed by atoms with van der Waals surface area (Å²) in [5.74, 6) is 0. The van der Waals surface area contributed by atoms with Crippen molar-refractivity contribution < 1.29 is 4.74 Å². The lowest BCUT2D eigenvalue weighted by molar-refractivity contribution is 0.199. The summed E-state index contributed by atoms with van der Waals surface area (Å²) in [5, 5.41) is 20.4. The number of ether oxygens (including phenoxy) is 1. The van der Waals surface area contributed by atoms with E-state index in [-0.39, 0.29) is 0 Å². The zero-order chi connectivity index (χ0) is 12.6. The third kappa shape index (κ3) is 3.86. The molecule has 0 fully saturated rings. The van der Waals surface area contributed by atoms with Gasteiger partial charge in [-0.3, -0.25) is 5.10 Å². The van der Waals surface area contributed by atoms with Gasteiger partial charge in [0, 0.05) is 26.3 Å². The Labute approximate surface area is 110 Å². The van der Waals surface area contributed by atoms with Crippen molar-refractivity contribution in [3.63, 3.8) is 0 Å². The van der Waals surface area contributed by atoms with Crippen LogP contribution in [0.15, 0.2) is 12.3 Å². The fourth-order valence-corrected chi connectivity index (χ4v) is 2.36. The number of rotatable bonds is 8. The number of hydrogen-bond acceptors (Lipinski definition) is 6. The number of aromatic nitrogens is 4. The van der Waals surface area contributed by atoms with Gasteiger partial charge in [-0.1, -0.05) is 11.3 Å². The van der Waals surface area contributed by atoms with Crippen LogP contribution in [0, 0.1) is 0 Å². The fraction of sp³-hybridized carbons (Fsp3) is 0.545. The van der Waals surface area contributed by atoms with Gasteiger partial charge in [0.2, 0.25) is 0 Å². The van der Waals surface area contributed by atoms with Crippen LogP contribution in [-0.2, 0) is 11.2 Å². The second kappa shape index (κ2) is 7.20. The zero-order valence-corrected chi connectivity index (χ0v) is 11.2. The molecular weight excluding hydrogens is 250 g/mol. The van der Waals surface area contributed by atoms with Crippen LogP contribution in [0.1, 0.15) is 11.4 Å². The van der Waals surface area contributed by atoms with Gasteiger partial charge in [-0.2, -0.15) is 5.10 Å². The molecule has 0 spiro atoms. The van der Waals surface area contributed by atoms with Crippen LogP contribution in [0.4, 0.5) is 0 Å². The molecule has 0 aromatic carbocycles. The highest BCUT2D eigenvalue weighted by Crippen LogP contribution is 2.21. The summed E-state index contributed by atoms with van der Waals surface area (Å²) in [6.07, 6.45) is 3.73. The monoisotopic (exact) mass is 267 g/mol. The van der Waals surface area contributed by atoms with Gasteiger partial charge in [-0.05, 0) is 19.0 Å². The van der Waals surface area contributed by atoms with Gasteiger partial charge in [0.1, 0.15) is 5.01 Å². The van der Waals surface area contributed by atoms with Crippen LogP contribution < -0.4 is 5.32 Å². The minimum atomic E-state index is 0.753. The third-order valence-electron chi connectivity index (χ3n) is 2.43. The van der Waals surface area contributed by atoms with E-state index in [2.05, 4.69) is 25.7 Å². The molecular formula is C11H17N5OS. The number of methoxy groups -OCH3 is 1. The van der Waals surface area contributed by atoms with E-state index < -0.39 is 0 Å². The molecule has 0 unspecified atom stereocenters. The quantitative estimate of drug-likeness (QED) is 0.700. The van der Waals surface area contributed by atoms with Gasteiger partial charge < -0.3 is 10.1 Å². The summed E-state index contributed by atoms with van der Waals surface area (Å²) >= 11 is 1.61. The van der Waals surface area contributed by atoms with Crippen LogP contribution in [0.25, 0.3) is 10.7 Å². The van der Waals surface area contributed by atoms with Crippen molar-refractivity contribution in [2.45, 2.75) is 12.8 Å². The first kappa shape index (κ1) is 13.1. The lowest BCUT2D eigenvalue weighted by Gasteiger charge is -2.01. The molecule has 0 radical (unpaired) electrons. The number of H-pyrrole nitrogens is 1. The van der Waals surface area contributed by atoms with Gasteiger partial charge in [0.25, 0.3) is 0 Å². The molecule has 2 aromatic heterocycles. The maximum atomic E-state index is 4.96. The lowest BCUT2D eigenvalue weighted by atomic mass is 10.3. The topological polar surface area (TPSA) is 75.7 Å². The molecule has 0 saturated carbocycles. The third-order valence-corrected chi connectivity index (χ3v) is 3.44. The summed E-state index contributed by atoms with van der Waals surface area (Å²) in [6, 6.07) is 1.90. The number of aromatic amines is 1. The van der Waals surface area contributed by atoms with Gasteiger partial charge >= 0.3 is 0 Å². The Morgan fingerprint density at radius 1 is 1.39 bits per heavy atom. The number of nitrogens with one attached hydrogen (secondary N) is 2. The van der Waals surface area contributed by atoms with Crippen molar-refractivity contribution in [2.24, 2.45) is 0 Å². The normalized spacial score (nSPS) is 10.9. The van der Waals surface area contributed by atoms with Crippen LogP contribution in [0.5, 0.6) is 0 Å². The molecule has 2 aromatic rings. The van der Waals surface area contributed by atoms with Gasteiger partial charge in [0.15, 0.2) is 5.01 Å². The van der Waals surface area contributed by atoms with Crippen molar-refractivity contribution in [1.29, 1.82) is 0 Å². The molecule has 0 aliphatic heterocycles. The summed E-state index contributed by atoms with van der Waals surface area (Å²) in [5.41, 5.74) is 0.928. The van der Waals surface area contributed by atoms with Crippen molar-refractivity contribution in [2.75, 3.05) is 26.8 Å². The Balaban J connectivity index is 1.71. The molecule has 2 N–H and O–H groups in total. The van der Waals surface area contributed by atoms with Gasteiger partial charge in [0.05, 0.1) is 12.3 Å². The molecule has 0 bridgehead atoms. The van der Waals surface area contributed by atoms with E-state index in [0.29, 0.717) is 0 Å². The predicted molar refractivity (Wildman–Crippen MR) is 70.6 cm³/mol. The first-order valence-electron chi connectivity index (χ1n) is 5.92. The first-order valence-corrected chi connectivity index (χ1v) is 6.73. The van der Waals surface area contributed by atoms with E-state index in [1.54, 1.807) is 24.6 Å². The lowest BCUT2D eigenvalue weighted by Crippen LogP contribution is -2.20. The Kier molecular flexibility index (Phi) is 5.25. The van der Waals surface area contributed by atoms with Gasteiger partial charge in [-0.15, -0.1) is 10.2 Å². The van der Waals surface area contributed by atoms with Crippen LogP contribution in [0.3, 0.4) is 0 Å². The van der Waals surface area contributed by atoms with Crippen LogP contribution in [0.2, 0.25) is 0 Å². The first-order chi connectivity index (χ1) is 8.90. The minimum Gasteiger partial charge on any atom is -0.383 e. The van der Waals surface area contributed by atoms with Crippen molar-refractivity contribution in [1.82, 2.24) is 25.7 Å². The average Bonchev–Trinajstić information content (AvgIpc) is 3.03. The average molecular weight is 267 g/mol. The summed E-state index contributed by atoms with van der Waals surface area (Å²) in [4.78, 5) is 0. The maximum Gasteiger partial charge on any atom is 0.165 e. The standard InChI is InChI=1S/C11H17N5OS/c1-17-8-7-12-5-2-3-10-15-16-11(18-10)9-4-6-13-14-9/h4,6,12H,2-3,5,7-8H2,1H3,(H,13,14). The molecule has 18 heavy (non-hydrogen) atoms. The second-order valence-corrected chi connectivity index (χ2v) is 4.88. The highest BCUT2D eigenvalue weighted by Gasteiger charge is 2.06. The van der Waals surface area contributed by atoms with E-state index in [1.165, 1.54) is 0 Å². The number of hydrogen-bond donors (Lipinski definition) is 2. The summed E-state index contributed by atoms with van der Waals surface area (Å²) in [6.45, 7) is 2.62. The van der Waals surface area contributed by atoms with E-state index >= 15 is 0 Å². The largest absolute Gasteiger partial charge is 0.383 e. The van der Waals surface area contributed by atoms with Crippen LogP contribution in [-0.4, -0.2) is 47.2 Å². The van der Waals surface area contributed by atoms with Crippen molar-refractivity contribution >= 4 is 11.3 Å². The fourth-order valence-electron chi connectivity index (χ4n) is 1.50. The Bertz CT molecular complexity index is 442. The van der Waals surface area contributed by atoms with E-state index in [0.717, 1.165) is 48.2 Å². The molecule has 6 nitrogen and oxygen atoms in total. The van der Waals surface area contributed by atoms with Crippen molar-refractivity contribution in [3.05, 3.63) is 17.3 Å². The molecule has 2 rings (SSSR count). The smallest absolute Gasteiger partial charge is 0.165 e. The molecule has 2 heterocycles. The molecule has 0 atom stereocenters. The molecule has 0 saturated heterocycles. The molecule has 0 aliphatic rings. The Hall–Kier alpha value is -1.31. The molecule has 0 amide bonds. The SMILES string of the molecule is COCCNCCCc1nnc(-c2ccn[nH]2)s1. The highest BCUT2D eigenvalue weighted by atomic mass is 32.1. The Morgan fingerprint density at radius 3 is 3.11 bits per heavy atom. The number of aryl methyl sites for hydroxylation is 1. The molecule has 98 valence electrons. The summed E-state index contributed by atoms with van der Waals surface area (Å²) < 4.78 is 4.96. The Morgan fingerprint density at radius 2 is 2.33 bits per heavy atom. The van der Waals surface area contributed by atoms with Crippen molar-refractivity contribution in [3.8, 4) is 10.7 Å². The van der Waals surface area contributed by atoms with Crippen LogP contribution >= 0.6 is 11.3 Å².